The number of carbonyl (C=O) groups is 1. The van der Waals surface area contributed by atoms with Crippen molar-refractivity contribution in [3.63, 3.8) is 0 Å². The second kappa shape index (κ2) is 9.40. The van der Waals surface area contributed by atoms with E-state index in [0.29, 0.717) is 6.42 Å². The van der Waals surface area contributed by atoms with Crippen LogP contribution in [0.2, 0.25) is 0 Å². The van der Waals surface area contributed by atoms with Gasteiger partial charge in [0.1, 0.15) is 5.60 Å². The van der Waals surface area contributed by atoms with Crippen molar-refractivity contribution in [3.8, 4) is 0 Å². The SMILES string of the molecule is CCCCCCC(C)N(C(=O)OC(C)(C)C)S(=O)(=O)c1ccc(C)cc1. The number of hydrogen-bond donors (Lipinski definition) is 0. The van der Waals surface area contributed by atoms with Crippen molar-refractivity contribution >= 4 is 16.1 Å². The smallest absolute Gasteiger partial charge is 0.424 e. The van der Waals surface area contributed by atoms with Crippen LogP contribution in [-0.2, 0) is 14.8 Å². The molecule has 0 saturated heterocycles. The summed E-state index contributed by atoms with van der Waals surface area (Å²) in [6.07, 6.45) is 3.90. The number of unbranched alkanes of at least 4 members (excludes halogenated alkanes) is 3. The summed E-state index contributed by atoms with van der Waals surface area (Å²) >= 11 is 0. The van der Waals surface area contributed by atoms with Gasteiger partial charge in [-0.05, 0) is 53.2 Å². The Morgan fingerprint density at radius 2 is 1.69 bits per heavy atom. The topological polar surface area (TPSA) is 63.7 Å². The minimum absolute atomic E-state index is 0.106. The standard InChI is InChI=1S/C20H33NO4S/c1-7-8-9-10-11-17(3)21(19(22)25-20(4,5)6)26(23,24)18-14-12-16(2)13-15-18/h12-15,17H,7-11H2,1-6H3. The Morgan fingerprint density at radius 1 is 1.12 bits per heavy atom. The third kappa shape index (κ3) is 6.63. The maximum absolute atomic E-state index is 13.1. The average Bonchev–Trinajstić information content (AvgIpc) is 2.50. The third-order valence-corrected chi connectivity index (χ3v) is 5.92. The Bertz CT molecular complexity index is 675. The van der Waals surface area contributed by atoms with Crippen LogP contribution in [0.3, 0.4) is 0 Å². The zero-order chi connectivity index (χ0) is 20.0. The average molecular weight is 384 g/mol. The first-order valence-corrected chi connectivity index (χ1v) is 10.8. The Morgan fingerprint density at radius 3 is 2.19 bits per heavy atom. The van der Waals surface area contributed by atoms with Crippen molar-refractivity contribution in [2.45, 2.75) is 90.2 Å². The lowest BCUT2D eigenvalue weighted by Gasteiger charge is -2.31. The first-order chi connectivity index (χ1) is 12.0. The lowest BCUT2D eigenvalue weighted by atomic mass is 10.1. The monoisotopic (exact) mass is 383 g/mol. The molecule has 0 radical (unpaired) electrons. The minimum atomic E-state index is -3.97. The molecule has 0 fully saturated rings. The number of sulfonamides is 1. The van der Waals surface area contributed by atoms with Gasteiger partial charge < -0.3 is 4.74 Å². The molecule has 1 rings (SSSR count). The molecule has 1 unspecified atom stereocenters. The van der Waals surface area contributed by atoms with Gasteiger partial charge >= 0.3 is 6.09 Å². The number of benzene rings is 1. The van der Waals surface area contributed by atoms with E-state index in [4.69, 9.17) is 4.74 Å². The summed E-state index contributed by atoms with van der Waals surface area (Å²) in [6.45, 7) is 11.0. The number of ether oxygens (including phenoxy) is 1. The van der Waals surface area contributed by atoms with E-state index in [2.05, 4.69) is 6.92 Å². The maximum atomic E-state index is 13.1. The molecule has 0 aliphatic rings. The lowest BCUT2D eigenvalue weighted by molar-refractivity contribution is 0.0342. The van der Waals surface area contributed by atoms with E-state index in [9.17, 15) is 13.2 Å². The minimum Gasteiger partial charge on any atom is -0.443 e. The highest BCUT2D eigenvalue weighted by Gasteiger charge is 2.36. The number of hydrogen-bond acceptors (Lipinski definition) is 4. The van der Waals surface area contributed by atoms with Gasteiger partial charge in [-0.25, -0.2) is 13.2 Å². The molecule has 1 aromatic rings. The molecular formula is C20H33NO4S. The van der Waals surface area contributed by atoms with Gasteiger partial charge in [-0.3, -0.25) is 0 Å². The molecule has 0 aromatic heterocycles. The highest BCUT2D eigenvalue weighted by molar-refractivity contribution is 7.89. The summed E-state index contributed by atoms with van der Waals surface area (Å²) in [4.78, 5) is 12.8. The number of nitrogens with zero attached hydrogens (tertiary/aromatic N) is 1. The summed E-state index contributed by atoms with van der Waals surface area (Å²) in [5, 5.41) is 0. The van der Waals surface area contributed by atoms with E-state index in [1.54, 1.807) is 39.8 Å². The van der Waals surface area contributed by atoms with Crippen LogP contribution in [0, 0.1) is 6.92 Å². The van der Waals surface area contributed by atoms with E-state index in [1.807, 2.05) is 6.92 Å². The van der Waals surface area contributed by atoms with E-state index < -0.39 is 27.8 Å². The van der Waals surface area contributed by atoms with E-state index >= 15 is 0 Å². The van der Waals surface area contributed by atoms with E-state index in [0.717, 1.165) is 35.6 Å². The molecule has 6 heteroatoms. The normalized spacial score (nSPS) is 13.3. The number of rotatable bonds is 8. The molecule has 5 nitrogen and oxygen atoms in total. The van der Waals surface area contributed by atoms with E-state index in [1.165, 1.54) is 12.1 Å². The summed E-state index contributed by atoms with van der Waals surface area (Å²) in [5.74, 6) is 0. The van der Waals surface area contributed by atoms with Crippen LogP contribution in [0.4, 0.5) is 4.79 Å². The quantitative estimate of drug-likeness (QED) is 0.573. The van der Waals surface area contributed by atoms with Crippen LogP contribution in [0.25, 0.3) is 0 Å². The molecule has 0 N–H and O–H groups in total. The zero-order valence-electron chi connectivity index (χ0n) is 16.9. The van der Waals surface area contributed by atoms with Gasteiger partial charge in [-0.15, -0.1) is 0 Å². The highest BCUT2D eigenvalue weighted by Crippen LogP contribution is 2.24. The number of amides is 1. The van der Waals surface area contributed by atoms with Crippen LogP contribution < -0.4 is 0 Å². The summed E-state index contributed by atoms with van der Waals surface area (Å²) < 4.78 is 32.6. The molecule has 0 saturated carbocycles. The molecule has 1 amide bonds. The van der Waals surface area contributed by atoms with Crippen LogP contribution in [-0.4, -0.2) is 30.5 Å². The molecule has 148 valence electrons. The fourth-order valence-electron chi connectivity index (χ4n) is 2.63. The Labute approximate surface area is 158 Å². The zero-order valence-corrected chi connectivity index (χ0v) is 17.7. The molecule has 26 heavy (non-hydrogen) atoms. The molecule has 0 aliphatic heterocycles. The summed E-state index contributed by atoms with van der Waals surface area (Å²) in [7, 11) is -3.97. The summed E-state index contributed by atoms with van der Waals surface area (Å²) in [5.41, 5.74) is 0.195. The van der Waals surface area contributed by atoms with Crippen molar-refractivity contribution in [1.82, 2.24) is 4.31 Å². The predicted molar refractivity (Wildman–Crippen MR) is 105 cm³/mol. The Kier molecular flexibility index (Phi) is 8.13. The molecule has 0 heterocycles. The Hall–Kier alpha value is -1.56. The van der Waals surface area contributed by atoms with Gasteiger partial charge in [0, 0.05) is 6.04 Å². The van der Waals surface area contributed by atoms with Crippen molar-refractivity contribution in [2.24, 2.45) is 0 Å². The predicted octanol–water partition coefficient (Wildman–Crippen LogP) is 5.28. The first-order valence-electron chi connectivity index (χ1n) is 9.33. The van der Waals surface area contributed by atoms with Crippen LogP contribution in [0.5, 0.6) is 0 Å². The van der Waals surface area contributed by atoms with E-state index in [-0.39, 0.29) is 4.90 Å². The number of carbonyl (C=O) groups excluding carboxylic acids is 1. The maximum Gasteiger partial charge on any atom is 0.424 e. The Balaban J connectivity index is 3.13. The van der Waals surface area contributed by atoms with Gasteiger partial charge in [0.15, 0.2) is 0 Å². The molecule has 1 atom stereocenters. The van der Waals surface area contributed by atoms with Crippen LogP contribution >= 0.6 is 0 Å². The van der Waals surface area contributed by atoms with Gasteiger partial charge in [-0.1, -0.05) is 50.3 Å². The molecule has 0 bridgehead atoms. The van der Waals surface area contributed by atoms with Crippen LogP contribution in [0.1, 0.15) is 72.3 Å². The second-order valence-electron chi connectivity index (χ2n) is 7.79. The highest BCUT2D eigenvalue weighted by atomic mass is 32.2. The molecule has 1 aromatic carbocycles. The summed E-state index contributed by atoms with van der Waals surface area (Å²) in [6, 6.07) is 6.06. The molecular weight excluding hydrogens is 350 g/mol. The first kappa shape index (κ1) is 22.5. The van der Waals surface area contributed by atoms with Gasteiger partial charge in [0.25, 0.3) is 10.0 Å². The van der Waals surface area contributed by atoms with Crippen molar-refractivity contribution in [3.05, 3.63) is 29.8 Å². The fraction of sp³-hybridized carbons (Fsp3) is 0.650. The fourth-order valence-corrected chi connectivity index (χ4v) is 4.15. The number of aryl methyl sites for hydroxylation is 1. The third-order valence-electron chi connectivity index (χ3n) is 4.03. The molecule has 0 aliphatic carbocycles. The lowest BCUT2D eigenvalue weighted by Crippen LogP contribution is -2.45. The molecule has 0 spiro atoms. The van der Waals surface area contributed by atoms with Crippen molar-refractivity contribution in [2.75, 3.05) is 0 Å². The van der Waals surface area contributed by atoms with Gasteiger partial charge in [0.05, 0.1) is 4.90 Å². The largest absolute Gasteiger partial charge is 0.443 e. The van der Waals surface area contributed by atoms with Gasteiger partial charge in [-0.2, -0.15) is 4.31 Å². The van der Waals surface area contributed by atoms with Crippen molar-refractivity contribution in [1.29, 1.82) is 0 Å². The van der Waals surface area contributed by atoms with Crippen molar-refractivity contribution < 1.29 is 17.9 Å². The van der Waals surface area contributed by atoms with Crippen LogP contribution in [0.15, 0.2) is 29.2 Å². The second-order valence-corrected chi connectivity index (χ2v) is 9.61. The van der Waals surface area contributed by atoms with Gasteiger partial charge in [0.2, 0.25) is 0 Å².